The SMILES string of the molecule is O=C1NCCN1c1ccc(CN2CCCC(N3CCC(CO)CC3)C2)cc1. The molecule has 148 valence electrons. The Morgan fingerprint density at radius 3 is 2.48 bits per heavy atom. The number of rotatable bonds is 5. The number of hydrogen-bond acceptors (Lipinski definition) is 4. The average molecular weight is 373 g/mol. The van der Waals surface area contributed by atoms with Crippen molar-refractivity contribution in [3.8, 4) is 0 Å². The van der Waals surface area contributed by atoms with E-state index in [1.165, 1.54) is 24.9 Å². The van der Waals surface area contributed by atoms with Gasteiger partial charge in [-0.1, -0.05) is 12.1 Å². The molecule has 27 heavy (non-hydrogen) atoms. The Bertz CT molecular complexity index is 628. The van der Waals surface area contributed by atoms with Crippen LogP contribution in [-0.4, -0.2) is 72.9 Å². The number of aliphatic hydroxyl groups is 1. The minimum Gasteiger partial charge on any atom is -0.396 e. The topological polar surface area (TPSA) is 59.1 Å². The van der Waals surface area contributed by atoms with Crippen molar-refractivity contribution in [2.75, 3.05) is 50.8 Å². The van der Waals surface area contributed by atoms with Crippen LogP contribution < -0.4 is 10.2 Å². The Morgan fingerprint density at radius 2 is 1.81 bits per heavy atom. The minimum absolute atomic E-state index is 0.00610. The number of nitrogens with one attached hydrogen (secondary N) is 1. The van der Waals surface area contributed by atoms with Gasteiger partial charge in [0.05, 0.1) is 0 Å². The summed E-state index contributed by atoms with van der Waals surface area (Å²) in [6.07, 6.45) is 4.83. The van der Waals surface area contributed by atoms with Crippen molar-refractivity contribution < 1.29 is 9.90 Å². The molecule has 3 saturated heterocycles. The van der Waals surface area contributed by atoms with Gasteiger partial charge in [-0.15, -0.1) is 0 Å². The van der Waals surface area contributed by atoms with E-state index in [-0.39, 0.29) is 6.03 Å². The summed E-state index contributed by atoms with van der Waals surface area (Å²) in [5.74, 6) is 0.511. The molecule has 2 amide bonds. The van der Waals surface area contributed by atoms with Crippen LogP contribution in [-0.2, 0) is 6.54 Å². The molecule has 0 radical (unpaired) electrons. The van der Waals surface area contributed by atoms with E-state index in [0.717, 1.165) is 57.8 Å². The molecular formula is C21H32N4O2. The average Bonchev–Trinajstić information content (AvgIpc) is 3.15. The Balaban J connectivity index is 1.31. The summed E-state index contributed by atoms with van der Waals surface area (Å²) in [5, 5.41) is 12.2. The molecule has 6 nitrogen and oxygen atoms in total. The molecule has 3 aliphatic heterocycles. The van der Waals surface area contributed by atoms with Gasteiger partial charge in [0.2, 0.25) is 0 Å². The van der Waals surface area contributed by atoms with Gasteiger partial charge in [-0.25, -0.2) is 4.79 Å². The second-order valence-corrected chi connectivity index (χ2v) is 8.24. The molecule has 1 aromatic rings. The van der Waals surface area contributed by atoms with Gasteiger partial charge in [-0.2, -0.15) is 0 Å². The van der Waals surface area contributed by atoms with E-state index in [1.54, 1.807) is 4.90 Å². The molecule has 6 heteroatoms. The second-order valence-electron chi connectivity index (χ2n) is 8.24. The van der Waals surface area contributed by atoms with Gasteiger partial charge in [0.1, 0.15) is 0 Å². The largest absolute Gasteiger partial charge is 0.396 e. The zero-order chi connectivity index (χ0) is 18.6. The molecule has 4 rings (SSSR count). The number of hydrogen-bond donors (Lipinski definition) is 2. The van der Waals surface area contributed by atoms with Crippen LogP contribution in [0.2, 0.25) is 0 Å². The number of urea groups is 1. The number of carbonyl (C=O) groups is 1. The fourth-order valence-electron chi connectivity index (χ4n) is 4.73. The number of amides is 2. The number of nitrogens with zero attached hydrogens (tertiary/aromatic N) is 3. The van der Waals surface area contributed by atoms with Gasteiger partial charge in [0.25, 0.3) is 0 Å². The summed E-state index contributed by atoms with van der Waals surface area (Å²) in [7, 11) is 0. The van der Waals surface area contributed by atoms with E-state index in [4.69, 9.17) is 0 Å². The summed E-state index contributed by atoms with van der Waals surface area (Å²) in [5.41, 5.74) is 2.30. The summed E-state index contributed by atoms with van der Waals surface area (Å²) < 4.78 is 0. The maximum atomic E-state index is 11.8. The maximum Gasteiger partial charge on any atom is 0.321 e. The highest BCUT2D eigenvalue weighted by Crippen LogP contribution is 2.24. The summed E-state index contributed by atoms with van der Waals surface area (Å²) in [6, 6.07) is 9.13. The highest BCUT2D eigenvalue weighted by atomic mass is 16.3. The molecule has 0 aromatic heterocycles. The maximum absolute atomic E-state index is 11.8. The highest BCUT2D eigenvalue weighted by Gasteiger charge is 2.28. The van der Waals surface area contributed by atoms with E-state index in [0.29, 0.717) is 18.6 Å². The molecule has 1 unspecified atom stereocenters. The van der Waals surface area contributed by atoms with Crippen molar-refractivity contribution in [1.29, 1.82) is 0 Å². The number of likely N-dealkylation sites (tertiary alicyclic amines) is 2. The lowest BCUT2D eigenvalue weighted by Crippen LogP contribution is -2.50. The minimum atomic E-state index is 0.00610. The Morgan fingerprint density at radius 1 is 1.04 bits per heavy atom. The van der Waals surface area contributed by atoms with Crippen LogP contribution in [0.15, 0.2) is 24.3 Å². The number of piperidine rings is 2. The van der Waals surface area contributed by atoms with Crippen LogP contribution in [0.1, 0.15) is 31.2 Å². The molecule has 2 N–H and O–H groups in total. The molecule has 1 atom stereocenters. The quantitative estimate of drug-likeness (QED) is 0.829. The van der Waals surface area contributed by atoms with Crippen molar-refractivity contribution >= 4 is 11.7 Å². The lowest BCUT2D eigenvalue weighted by Gasteiger charge is -2.42. The molecule has 0 bridgehead atoms. The van der Waals surface area contributed by atoms with E-state index >= 15 is 0 Å². The molecule has 3 fully saturated rings. The molecule has 3 aliphatic rings. The van der Waals surface area contributed by atoms with Crippen LogP contribution in [0, 0.1) is 5.92 Å². The van der Waals surface area contributed by atoms with Crippen molar-refractivity contribution in [2.45, 2.75) is 38.3 Å². The van der Waals surface area contributed by atoms with Crippen LogP contribution in [0.4, 0.5) is 10.5 Å². The van der Waals surface area contributed by atoms with Crippen LogP contribution in [0.25, 0.3) is 0 Å². The van der Waals surface area contributed by atoms with Crippen LogP contribution in [0.3, 0.4) is 0 Å². The zero-order valence-corrected chi connectivity index (χ0v) is 16.1. The summed E-state index contributed by atoms with van der Waals surface area (Å²) in [6.45, 7) is 7.38. The number of benzene rings is 1. The summed E-state index contributed by atoms with van der Waals surface area (Å²) >= 11 is 0. The normalized spacial score (nSPS) is 25.7. The van der Waals surface area contributed by atoms with Gasteiger partial charge in [0, 0.05) is 44.5 Å². The predicted octanol–water partition coefficient (Wildman–Crippen LogP) is 1.88. The Hall–Kier alpha value is -1.63. The highest BCUT2D eigenvalue weighted by molar-refractivity contribution is 5.93. The zero-order valence-electron chi connectivity index (χ0n) is 16.1. The Labute approximate surface area is 162 Å². The number of carbonyl (C=O) groups excluding carboxylic acids is 1. The molecular weight excluding hydrogens is 340 g/mol. The molecule has 3 heterocycles. The molecule has 0 saturated carbocycles. The molecule has 0 aliphatic carbocycles. The van der Waals surface area contributed by atoms with E-state index in [1.807, 2.05) is 0 Å². The van der Waals surface area contributed by atoms with E-state index < -0.39 is 0 Å². The van der Waals surface area contributed by atoms with Crippen molar-refractivity contribution in [3.63, 3.8) is 0 Å². The van der Waals surface area contributed by atoms with Gasteiger partial charge in [0.15, 0.2) is 0 Å². The monoisotopic (exact) mass is 372 g/mol. The first kappa shape index (κ1) is 18.7. The van der Waals surface area contributed by atoms with Gasteiger partial charge in [-0.3, -0.25) is 14.7 Å². The number of aliphatic hydroxyl groups excluding tert-OH is 1. The molecule has 0 spiro atoms. The van der Waals surface area contributed by atoms with E-state index in [9.17, 15) is 9.90 Å². The lowest BCUT2D eigenvalue weighted by molar-refractivity contribution is 0.0544. The van der Waals surface area contributed by atoms with E-state index in [2.05, 4.69) is 39.4 Å². The first-order valence-corrected chi connectivity index (χ1v) is 10.4. The Kier molecular flexibility index (Phi) is 5.95. The van der Waals surface area contributed by atoms with Crippen molar-refractivity contribution in [1.82, 2.24) is 15.1 Å². The van der Waals surface area contributed by atoms with Crippen LogP contribution in [0.5, 0.6) is 0 Å². The fourth-order valence-corrected chi connectivity index (χ4v) is 4.73. The lowest BCUT2D eigenvalue weighted by atomic mass is 9.94. The van der Waals surface area contributed by atoms with Gasteiger partial charge < -0.3 is 10.4 Å². The smallest absolute Gasteiger partial charge is 0.321 e. The fraction of sp³-hybridized carbons (Fsp3) is 0.667. The summed E-state index contributed by atoms with van der Waals surface area (Å²) in [4.78, 5) is 18.8. The second kappa shape index (κ2) is 8.59. The third-order valence-corrected chi connectivity index (χ3v) is 6.42. The predicted molar refractivity (Wildman–Crippen MR) is 107 cm³/mol. The third-order valence-electron chi connectivity index (χ3n) is 6.42. The first-order chi connectivity index (χ1) is 13.2. The molecule has 1 aromatic carbocycles. The van der Waals surface area contributed by atoms with Crippen molar-refractivity contribution in [2.24, 2.45) is 5.92 Å². The van der Waals surface area contributed by atoms with Gasteiger partial charge >= 0.3 is 6.03 Å². The van der Waals surface area contributed by atoms with Crippen LogP contribution >= 0.6 is 0 Å². The van der Waals surface area contributed by atoms with Gasteiger partial charge in [-0.05, 0) is 68.9 Å². The third kappa shape index (κ3) is 4.45. The van der Waals surface area contributed by atoms with Crippen molar-refractivity contribution in [3.05, 3.63) is 29.8 Å². The number of anilines is 1. The standard InChI is InChI=1S/C21H32N4O2/c26-16-18-7-11-24(12-8-18)20-2-1-10-23(15-20)14-17-3-5-19(6-4-17)25-13-9-22-21(25)27/h3-6,18,20,26H,1-2,7-16H2,(H,22,27). The first-order valence-electron chi connectivity index (χ1n) is 10.4.